The molecule has 0 fully saturated rings. The van der Waals surface area contributed by atoms with Gasteiger partial charge in [0.15, 0.2) is 11.5 Å². The molecule has 0 radical (unpaired) electrons. The summed E-state index contributed by atoms with van der Waals surface area (Å²) in [5, 5.41) is 0. The number of methoxy groups -OCH3 is 1. The van der Waals surface area contributed by atoms with Gasteiger partial charge < -0.3 is 9.47 Å². The van der Waals surface area contributed by atoms with Crippen molar-refractivity contribution in [2.45, 2.75) is 25.7 Å². The van der Waals surface area contributed by atoms with Gasteiger partial charge >= 0.3 is 0 Å². The van der Waals surface area contributed by atoms with Gasteiger partial charge in [-0.05, 0) is 50.1 Å². The van der Waals surface area contributed by atoms with Gasteiger partial charge in [0.1, 0.15) is 0 Å². The summed E-state index contributed by atoms with van der Waals surface area (Å²) in [5.41, 5.74) is 2.01. The molecule has 2 rings (SSSR count). The molecule has 0 aliphatic rings. The molecular formula is C17H21NO4S. The topological polar surface area (TPSA) is 64.6 Å². The molecule has 0 heterocycles. The van der Waals surface area contributed by atoms with Crippen molar-refractivity contribution < 1.29 is 17.9 Å². The van der Waals surface area contributed by atoms with Gasteiger partial charge in [0.05, 0.1) is 24.3 Å². The van der Waals surface area contributed by atoms with Gasteiger partial charge in [0.25, 0.3) is 10.0 Å². The van der Waals surface area contributed by atoms with Gasteiger partial charge in [0, 0.05) is 6.07 Å². The van der Waals surface area contributed by atoms with Crippen molar-refractivity contribution in [3.05, 3.63) is 47.5 Å². The molecule has 0 atom stereocenters. The molecule has 0 aromatic heterocycles. The minimum Gasteiger partial charge on any atom is -0.493 e. The normalized spacial score (nSPS) is 11.1. The number of sulfonamides is 1. The lowest BCUT2D eigenvalue weighted by Crippen LogP contribution is -2.14. The molecule has 0 spiro atoms. The average molecular weight is 335 g/mol. The minimum absolute atomic E-state index is 0.270. The van der Waals surface area contributed by atoms with Gasteiger partial charge in [-0.1, -0.05) is 12.1 Å². The third-order valence-electron chi connectivity index (χ3n) is 3.35. The van der Waals surface area contributed by atoms with Crippen LogP contribution >= 0.6 is 0 Å². The average Bonchev–Trinajstić information content (AvgIpc) is 2.50. The van der Waals surface area contributed by atoms with Crippen LogP contribution in [0.4, 0.5) is 5.69 Å². The SMILES string of the molecule is CCOc1cc(NS(=O)(=O)c2cc(C)ccc2C)ccc1OC. The molecule has 0 aliphatic heterocycles. The molecular weight excluding hydrogens is 314 g/mol. The number of benzene rings is 2. The number of hydrogen-bond donors (Lipinski definition) is 1. The highest BCUT2D eigenvalue weighted by atomic mass is 32.2. The summed E-state index contributed by atoms with van der Waals surface area (Å²) in [6, 6.07) is 10.3. The highest BCUT2D eigenvalue weighted by Gasteiger charge is 2.18. The van der Waals surface area contributed by atoms with E-state index < -0.39 is 10.0 Å². The van der Waals surface area contributed by atoms with Crippen molar-refractivity contribution >= 4 is 15.7 Å². The van der Waals surface area contributed by atoms with Crippen LogP contribution in [0.15, 0.2) is 41.3 Å². The molecule has 0 unspecified atom stereocenters. The summed E-state index contributed by atoms with van der Waals surface area (Å²) in [6.07, 6.45) is 0. The summed E-state index contributed by atoms with van der Waals surface area (Å²) in [5.74, 6) is 1.05. The predicted molar refractivity (Wildman–Crippen MR) is 90.9 cm³/mol. The first-order valence-corrected chi connectivity index (χ1v) is 8.76. The molecule has 0 saturated heterocycles. The second-order valence-electron chi connectivity index (χ2n) is 5.17. The van der Waals surface area contributed by atoms with E-state index >= 15 is 0 Å². The Morgan fingerprint density at radius 2 is 1.78 bits per heavy atom. The molecule has 6 heteroatoms. The molecule has 0 aliphatic carbocycles. The van der Waals surface area contributed by atoms with E-state index in [1.807, 2.05) is 19.9 Å². The molecule has 1 N–H and O–H groups in total. The number of rotatable bonds is 6. The third kappa shape index (κ3) is 3.96. The van der Waals surface area contributed by atoms with Gasteiger partial charge in [-0.15, -0.1) is 0 Å². The second kappa shape index (κ2) is 6.91. The van der Waals surface area contributed by atoms with E-state index in [0.29, 0.717) is 29.4 Å². The number of anilines is 1. The van der Waals surface area contributed by atoms with Crippen LogP contribution in [0.3, 0.4) is 0 Å². The van der Waals surface area contributed by atoms with E-state index in [4.69, 9.17) is 9.47 Å². The lowest BCUT2D eigenvalue weighted by atomic mass is 10.2. The Morgan fingerprint density at radius 1 is 1.04 bits per heavy atom. The number of aryl methyl sites for hydroxylation is 2. The van der Waals surface area contributed by atoms with Crippen LogP contribution in [-0.4, -0.2) is 22.1 Å². The zero-order valence-electron chi connectivity index (χ0n) is 13.7. The Hall–Kier alpha value is -2.21. The number of hydrogen-bond acceptors (Lipinski definition) is 4. The van der Waals surface area contributed by atoms with Crippen molar-refractivity contribution in [3.8, 4) is 11.5 Å². The largest absolute Gasteiger partial charge is 0.493 e. The van der Waals surface area contributed by atoms with E-state index in [1.165, 1.54) is 7.11 Å². The van der Waals surface area contributed by atoms with E-state index in [9.17, 15) is 8.42 Å². The maximum atomic E-state index is 12.6. The predicted octanol–water partition coefficient (Wildman–Crippen LogP) is 3.51. The van der Waals surface area contributed by atoms with Gasteiger partial charge in [0.2, 0.25) is 0 Å². The Bertz CT molecular complexity index is 800. The van der Waals surface area contributed by atoms with E-state index in [-0.39, 0.29) is 4.90 Å². The summed E-state index contributed by atoms with van der Waals surface area (Å²) >= 11 is 0. The van der Waals surface area contributed by atoms with E-state index in [2.05, 4.69) is 4.72 Å². The number of nitrogens with one attached hydrogen (secondary N) is 1. The Balaban J connectivity index is 2.37. The van der Waals surface area contributed by atoms with Crippen LogP contribution in [0, 0.1) is 13.8 Å². The molecule has 23 heavy (non-hydrogen) atoms. The highest BCUT2D eigenvalue weighted by molar-refractivity contribution is 7.92. The van der Waals surface area contributed by atoms with Crippen molar-refractivity contribution in [3.63, 3.8) is 0 Å². The van der Waals surface area contributed by atoms with Crippen molar-refractivity contribution in [2.75, 3.05) is 18.4 Å². The quantitative estimate of drug-likeness (QED) is 0.877. The molecule has 2 aromatic carbocycles. The summed E-state index contributed by atoms with van der Waals surface area (Å²) in [6.45, 7) is 5.95. The highest BCUT2D eigenvalue weighted by Crippen LogP contribution is 2.31. The Kier molecular flexibility index (Phi) is 5.15. The zero-order valence-corrected chi connectivity index (χ0v) is 14.5. The Labute approximate surface area is 137 Å². The van der Waals surface area contributed by atoms with E-state index in [0.717, 1.165) is 5.56 Å². The molecule has 0 saturated carbocycles. The fourth-order valence-electron chi connectivity index (χ4n) is 2.22. The first kappa shape index (κ1) is 17.1. The number of ether oxygens (including phenoxy) is 2. The van der Waals surface area contributed by atoms with Crippen LogP contribution in [0.25, 0.3) is 0 Å². The van der Waals surface area contributed by atoms with Gasteiger partial charge in [-0.3, -0.25) is 4.72 Å². The molecule has 0 amide bonds. The van der Waals surface area contributed by atoms with Crippen molar-refractivity contribution in [1.29, 1.82) is 0 Å². The van der Waals surface area contributed by atoms with Gasteiger partial charge in [-0.25, -0.2) is 8.42 Å². The summed E-state index contributed by atoms with van der Waals surface area (Å²) in [4.78, 5) is 0.270. The van der Waals surface area contributed by atoms with Crippen molar-refractivity contribution in [2.24, 2.45) is 0 Å². The van der Waals surface area contributed by atoms with E-state index in [1.54, 1.807) is 37.3 Å². The Morgan fingerprint density at radius 3 is 2.43 bits per heavy atom. The standard InChI is InChI=1S/C17H21NO4S/c1-5-22-16-11-14(8-9-15(16)21-4)18-23(19,20)17-10-12(2)6-7-13(17)3/h6-11,18H,5H2,1-4H3. The van der Waals surface area contributed by atoms with Crippen LogP contribution in [-0.2, 0) is 10.0 Å². The molecule has 0 bridgehead atoms. The van der Waals surface area contributed by atoms with Gasteiger partial charge in [-0.2, -0.15) is 0 Å². The maximum absolute atomic E-state index is 12.6. The molecule has 124 valence electrons. The first-order chi connectivity index (χ1) is 10.9. The first-order valence-electron chi connectivity index (χ1n) is 7.28. The fraction of sp³-hybridized carbons (Fsp3) is 0.294. The fourth-order valence-corrected chi connectivity index (χ4v) is 3.60. The van der Waals surface area contributed by atoms with Crippen LogP contribution < -0.4 is 14.2 Å². The van der Waals surface area contributed by atoms with Crippen molar-refractivity contribution in [1.82, 2.24) is 0 Å². The molecule has 2 aromatic rings. The second-order valence-corrected chi connectivity index (χ2v) is 6.82. The lowest BCUT2D eigenvalue weighted by Gasteiger charge is -2.14. The van der Waals surface area contributed by atoms with Crippen LogP contribution in [0.2, 0.25) is 0 Å². The smallest absolute Gasteiger partial charge is 0.262 e. The van der Waals surface area contributed by atoms with Crippen LogP contribution in [0.1, 0.15) is 18.1 Å². The maximum Gasteiger partial charge on any atom is 0.262 e. The minimum atomic E-state index is -3.66. The van der Waals surface area contributed by atoms with Crippen LogP contribution in [0.5, 0.6) is 11.5 Å². The summed E-state index contributed by atoms with van der Waals surface area (Å²) < 4.78 is 38.5. The third-order valence-corrected chi connectivity index (χ3v) is 4.87. The molecule has 5 nitrogen and oxygen atoms in total. The monoisotopic (exact) mass is 335 g/mol. The lowest BCUT2D eigenvalue weighted by molar-refractivity contribution is 0.311. The zero-order chi connectivity index (χ0) is 17.0. The summed E-state index contributed by atoms with van der Waals surface area (Å²) in [7, 11) is -2.12.